The lowest BCUT2D eigenvalue weighted by molar-refractivity contribution is 0.149. The number of urea groups is 1. The number of carbonyl (C=O) groups excluding carboxylic acids is 1. The van der Waals surface area contributed by atoms with Crippen molar-refractivity contribution in [3.8, 4) is 11.3 Å². The molecular formula is C16H15N3O3S. The summed E-state index contributed by atoms with van der Waals surface area (Å²) in [7, 11) is 0. The first-order valence-electron chi connectivity index (χ1n) is 7.01. The van der Waals surface area contributed by atoms with Gasteiger partial charge in [0.05, 0.1) is 18.5 Å². The van der Waals surface area contributed by atoms with Gasteiger partial charge >= 0.3 is 6.03 Å². The Balaban J connectivity index is 1.53. The van der Waals surface area contributed by atoms with Crippen LogP contribution in [0, 0.1) is 0 Å². The van der Waals surface area contributed by atoms with Gasteiger partial charge in [-0.15, -0.1) is 0 Å². The first-order chi connectivity index (χ1) is 11.2. The Morgan fingerprint density at radius 2 is 2.09 bits per heavy atom. The van der Waals surface area contributed by atoms with Gasteiger partial charge < -0.3 is 14.8 Å². The SMILES string of the molecule is O=C(NCC(O)c1ccco1)Nc1cc(-c2ccccc2)ns1. The maximum Gasteiger partial charge on any atom is 0.319 e. The summed E-state index contributed by atoms with van der Waals surface area (Å²) in [6, 6.07) is 14.5. The fourth-order valence-electron chi connectivity index (χ4n) is 2.01. The summed E-state index contributed by atoms with van der Waals surface area (Å²) >= 11 is 1.20. The molecule has 3 rings (SSSR count). The van der Waals surface area contributed by atoms with Gasteiger partial charge in [-0.05, 0) is 23.7 Å². The Kier molecular flexibility index (Phi) is 4.70. The molecule has 0 saturated carbocycles. The molecule has 2 aromatic heterocycles. The minimum Gasteiger partial charge on any atom is -0.467 e. The average Bonchev–Trinajstić information content (AvgIpc) is 3.25. The van der Waals surface area contributed by atoms with E-state index in [0.29, 0.717) is 10.8 Å². The molecule has 0 bridgehead atoms. The molecule has 0 aliphatic carbocycles. The maximum absolute atomic E-state index is 11.8. The monoisotopic (exact) mass is 329 g/mol. The molecule has 2 heterocycles. The molecule has 0 radical (unpaired) electrons. The fraction of sp³-hybridized carbons (Fsp3) is 0.125. The Morgan fingerprint density at radius 3 is 2.83 bits per heavy atom. The van der Waals surface area contributed by atoms with Crippen molar-refractivity contribution >= 4 is 22.6 Å². The third-order valence-corrected chi connectivity index (χ3v) is 3.85. The summed E-state index contributed by atoms with van der Waals surface area (Å²) in [4.78, 5) is 11.8. The average molecular weight is 329 g/mol. The molecule has 3 N–H and O–H groups in total. The van der Waals surface area contributed by atoms with E-state index in [1.54, 1.807) is 12.1 Å². The minimum atomic E-state index is -0.878. The number of aromatic nitrogens is 1. The second kappa shape index (κ2) is 7.08. The van der Waals surface area contributed by atoms with Crippen LogP contribution in [0.4, 0.5) is 9.80 Å². The smallest absolute Gasteiger partial charge is 0.319 e. The van der Waals surface area contributed by atoms with Gasteiger partial charge in [0, 0.05) is 11.6 Å². The number of furan rings is 1. The van der Waals surface area contributed by atoms with Gasteiger partial charge in [0.2, 0.25) is 0 Å². The number of benzene rings is 1. The van der Waals surface area contributed by atoms with Crippen LogP contribution in [-0.2, 0) is 0 Å². The number of rotatable bonds is 5. The molecule has 1 atom stereocenters. The highest BCUT2D eigenvalue weighted by atomic mass is 32.1. The number of nitrogens with one attached hydrogen (secondary N) is 2. The maximum atomic E-state index is 11.8. The van der Waals surface area contributed by atoms with Gasteiger partial charge in [-0.2, -0.15) is 4.37 Å². The van der Waals surface area contributed by atoms with E-state index < -0.39 is 12.1 Å². The molecule has 1 aromatic carbocycles. The fourth-order valence-corrected chi connectivity index (χ4v) is 2.66. The summed E-state index contributed by atoms with van der Waals surface area (Å²) < 4.78 is 9.38. The summed E-state index contributed by atoms with van der Waals surface area (Å²) in [5.74, 6) is 0.412. The van der Waals surface area contributed by atoms with E-state index in [9.17, 15) is 9.90 Å². The topological polar surface area (TPSA) is 87.4 Å². The summed E-state index contributed by atoms with van der Waals surface area (Å²) in [6.07, 6.45) is 0.596. The van der Waals surface area contributed by atoms with Crippen LogP contribution in [0.15, 0.2) is 59.2 Å². The van der Waals surface area contributed by atoms with Gasteiger partial charge in [0.1, 0.15) is 16.9 Å². The molecule has 23 heavy (non-hydrogen) atoms. The van der Waals surface area contributed by atoms with Gasteiger partial charge in [0.15, 0.2) is 0 Å². The van der Waals surface area contributed by atoms with Crippen LogP contribution in [0.1, 0.15) is 11.9 Å². The molecule has 7 heteroatoms. The minimum absolute atomic E-state index is 0.0592. The van der Waals surface area contributed by atoms with Crippen LogP contribution >= 0.6 is 11.5 Å². The molecule has 0 saturated heterocycles. The molecule has 118 valence electrons. The molecule has 1 unspecified atom stereocenters. The second-order valence-corrected chi connectivity index (χ2v) is 5.61. The lowest BCUT2D eigenvalue weighted by Crippen LogP contribution is -2.32. The first kappa shape index (κ1) is 15.3. The second-order valence-electron chi connectivity index (χ2n) is 4.81. The number of hydrogen-bond donors (Lipinski definition) is 3. The van der Waals surface area contributed by atoms with Gasteiger partial charge in [-0.3, -0.25) is 5.32 Å². The molecule has 3 aromatic rings. The first-order valence-corrected chi connectivity index (χ1v) is 7.78. The lowest BCUT2D eigenvalue weighted by Gasteiger charge is -2.09. The lowest BCUT2D eigenvalue weighted by atomic mass is 10.2. The normalized spacial score (nSPS) is 11.9. The Morgan fingerprint density at radius 1 is 1.26 bits per heavy atom. The highest BCUT2D eigenvalue weighted by molar-refractivity contribution is 7.10. The molecular weight excluding hydrogens is 314 g/mol. The summed E-state index contributed by atoms with van der Waals surface area (Å²) in [5, 5.41) is 15.7. The van der Waals surface area contributed by atoms with E-state index in [2.05, 4.69) is 15.0 Å². The highest BCUT2D eigenvalue weighted by Gasteiger charge is 2.12. The van der Waals surface area contributed by atoms with Crippen LogP contribution < -0.4 is 10.6 Å². The predicted octanol–water partition coefficient (Wildman–Crippen LogP) is 3.26. The van der Waals surface area contributed by atoms with E-state index in [0.717, 1.165) is 11.3 Å². The number of aliphatic hydroxyl groups excluding tert-OH is 1. The van der Waals surface area contributed by atoms with Crippen molar-refractivity contribution in [2.75, 3.05) is 11.9 Å². The quantitative estimate of drug-likeness (QED) is 0.670. The van der Waals surface area contributed by atoms with Crippen molar-refractivity contribution in [3.05, 3.63) is 60.6 Å². The van der Waals surface area contributed by atoms with Crippen LogP contribution in [0.5, 0.6) is 0 Å². The van der Waals surface area contributed by atoms with Gasteiger partial charge in [-0.1, -0.05) is 30.3 Å². The van der Waals surface area contributed by atoms with Gasteiger partial charge in [0.25, 0.3) is 0 Å². The molecule has 2 amide bonds. The van der Waals surface area contributed by atoms with Crippen LogP contribution in [0.25, 0.3) is 11.3 Å². The molecule has 6 nitrogen and oxygen atoms in total. The van der Waals surface area contributed by atoms with Crippen LogP contribution in [0.2, 0.25) is 0 Å². The third kappa shape index (κ3) is 3.97. The molecule has 0 aliphatic heterocycles. The third-order valence-electron chi connectivity index (χ3n) is 3.14. The zero-order valence-corrected chi connectivity index (χ0v) is 12.9. The molecule has 0 aliphatic rings. The van der Waals surface area contributed by atoms with Crippen molar-refractivity contribution in [2.45, 2.75) is 6.10 Å². The predicted molar refractivity (Wildman–Crippen MR) is 88.2 cm³/mol. The number of hydrogen-bond acceptors (Lipinski definition) is 5. The van der Waals surface area contributed by atoms with E-state index in [4.69, 9.17) is 4.42 Å². The zero-order chi connectivity index (χ0) is 16.1. The number of anilines is 1. The zero-order valence-electron chi connectivity index (χ0n) is 12.1. The largest absolute Gasteiger partial charge is 0.467 e. The molecule has 0 spiro atoms. The van der Waals surface area contributed by atoms with E-state index in [1.165, 1.54) is 17.8 Å². The van der Waals surface area contributed by atoms with Crippen molar-refractivity contribution in [3.63, 3.8) is 0 Å². The highest BCUT2D eigenvalue weighted by Crippen LogP contribution is 2.25. The van der Waals surface area contributed by atoms with E-state index in [1.807, 2.05) is 36.4 Å². The number of amides is 2. The van der Waals surface area contributed by atoms with Crippen LogP contribution in [-0.4, -0.2) is 22.1 Å². The standard InChI is InChI=1S/C16H15N3O3S/c20-13(14-7-4-8-22-14)10-17-16(21)18-15-9-12(19-23-15)11-5-2-1-3-6-11/h1-9,13,20H,10H2,(H2,17,18,21). The van der Waals surface area contributed by atoms with Crippen molar-refractivity contribution in [1.82, 2.24) is 9.69 Å². The van der Waals surface area contributed by atoms with Crippen LogP contribution in [0.3, 0.4) is 0 Å². The van der Waals surface area contributed by atoms with Crippen molar-refractivity contribution in [1.29, 1.82) is 0 Å². The molecule has 0 fully saturated rings. The number of carbonyl (C=O) groups is 1. The number of aliphatic hydroxyl groups is 1. The van der Waals surface area contributed by atoms with Gasteiger partial charge in [-0.25, -0.2) is 4.79 Å². The van der Waals surface area contributed by atoms with E-state index >= 15 is 0 Å². The van der Waals surface area contributed by atoms with E-state index in [-0.39, 0.29) is 6.54 Å². The Hall–Kier alpha value is -2.64. The Bertz CT molecular complexity index is 756. The van der Waals surface area contributed by atoms with Crippen molar-refractivity contribution in [2.24, 2.45) is 0 Å². The summed E-state index contributed by atoms with van der Waals surface area (Å²) in [5.41, 5.74) is 1.80. The Labute approximate surface area is 136 Å². The summed E-state index contributed by atoms with van der Waals surface area (Å²) in [6.45, 7) is 0.0592. The number of nitrogens with zero attached hydrogens (tertiary/aromatic N) is 1. The van der Waals surface area contributed by atoms with Crippen molar-refractivity contribution < 1.29 is 14.3 Å².